The van der Waals surface area contributed by atoms with Crippen LogP contribution in [-0.4, -0.2) is 61.5 Å². The van der Waals surface area contributed by atoms with Crippen molar-refractivity contribution in [3.8, 4) is 5.75 Å². The van der Waals surface area contributed by atoms with Crippen LogP contribution in [0.25, 0.3) is 5.76 Å². The summed E-state index contributed by atoms with van der Waals surface area (Å²) < 4.78 is 11.2. The number of furan rings is 1. The Morgan fingerprint density at radius 3 is 2.41 bits per heavy atom. The van der Waals surface area contributed by atoms with Crippen molar-refractivity contribution in [2.24, 2.45) is 0 Å². The molecule has 2 aliphatic heterocycles. The molecule has 0 spiro atoms. The summed E-state index contributed by atoms with van der Waals surface area (Å²) in [6, 6.07) is 14.7. The van der Waals surface area contributed by atoms with E-state index < -0.39 is 17.7 Å². The summed E-state index contributed by atoms with van der Waals surface area (Å²) in [5.74, 6) is -1.13. The highest BCUT2D eigenvalue weighted by Gasteiger charge is 2.48. The van der Waals surface area contributed by atoms with Crippen molar-refractivity contribution >= 4 is 40.4 Å². The molecule has 1 unspecified atom stereocenters. The second kappa shape index (κ2) is 10.3. The normalized spacial score (nSPS) is 20.0. The number of aliphatic hydroxyl groups excluding tert-OH is 1. The Kier molecular flexibility index (Phi) is 6.95. The van der Waals surface area contributed by atoms with E-state index in [1.807, 2.05) is 31.2 Å². The lowest BCUT2D eigenvalue weighted by Crippen LogP contribution is -2.44. The second-order valence-corrected chi connectivity index (χ2v) is 9.48. The summed E-state index contributed by atoms with van der Waals surface area (Å²) in [7, 11) is 2.10. The van der Waals surface area contributed by atoms with E-state index in [9.17, 15) is 14.7 Å². The molecule has 8 nitrogen and oxygen atoms in total. The lowest BCUT2D eigenvalue weighted by molar-refractivity contribution is -0.132. The van der Waals surface area contributed by atoms with Crippen LogP contribution in [0.1, 0.15) is 24.3 Å². The van der Waals surface area contributed by atoms with Crippen molar-refractivity contribution < 1.29 is 23.8 Å². The highest BCUT2D eigenvalue weighted by Crippen LogP contribution is 2.43. The van der Waals surface area contributed by atoms with E-state index in [1.165, 1.54) is 11.2 Å². The van der Waals surface area contributed by atoms with Gasteiger partial charge in [0.2, 0.25) is 0 Å². The number of Topliss-reactive ketones (excluding diaryl/α,β-unsaturated/α-hetero) is 1. The third-order valence-corrected chi connectivity index (χ3v) is 7.07. The van der Waals surface area contributed by atoms with Gasteiger partial charge in [-0.2, -0.15) is 0 Å². The van der Waals surface area contributed by atoms with E-state index in [4.69, 9.17) is 20.8 Å². The molecule has 37 heavy (non-hydrogen) atoms. The minimum Gasteiger partial charge on any atom is -0.507 e. The van der Waals surface area contributed by atoms with Crippen LogP contribution in [0.15, 0.2) is 70.9 Å². The number of benzene rings is 2. The predicted octanol–water partition coefficient (Wildman–Crippen LogP) is 4.71. The number of hydrogen-bond acceptors (Lipinski definition) is 7. The van der Waals surface area contributed by atoms with Gasteiger partial charge in [0.25, 0.3) is 11.7 Å². The van der Waals surface area contributed by atoms with Crippen molar-refractivity contribution in [1.82, 2.24) is 4.90 Å². The van der Waals surface area contributed by atoms with Crippen LogP contribution >= 0.6 is 11.6 Å². The minimum atomic E-state index is -0.935. The van der Waals surface area contributed by atoms with Crippen LogP contribution in [0.4, 0.5) is 11.4 Å². The predicted molar refractivity (Wildman–Crippen MR) is 142 cm³/mol. The van der Waals surface area contributed by atoms with Crippen molar-refractivity contribution in [2.45, 2.75) is 13.0 Å². The van der Waals surface area contributed by atoms with Crippen molar-refractivity contribution in [3.63, 3.8) is 0 Å². The standard InChI is InChI=1S/C28H28ClN3O5/c1-3-36-23-17-18(6-11-21(23)29)26(33)24-25(22-5-4-16-37-22)32(28(35)27(24)34)20-9-7-19(8-10-20)31-14-12-30(2)13-15-31/h4-11,16-17,25,33H,3,12-15H2,1-2H3/b26-24-. The van der Waals surface area contributed by atoms with E-state index >= 15 is 0 Å². The van der Waals surface area contributed by atoms with Crippen LogP contribution in [0.3, 0.4) is 0 Å². The number of rotatable bonds is 6. The highest BCUT2D eigenvalue weighted by atomic mass is 35.5. The zero-order chi connectivity index (χ0) is 26.1. The summed E-state index contributed by atoms with van der Waals surface area (Å²) in [5, 5.41) is 11.7. The molecule has 3 aromatic rings. The number of ketones is 1. The molecule has 0 saturated carbocycles. The highest BCUT2D eigenvalue weighted by molar-refractivity contribution is 6.51. The molecule has 5 rings (SSSR count). The zero-order valence-electron chi connectivity index (χ0n) is 20.7. The molecule has 9 heteroatoms. The maximum atomic E-state index is 13.3. The number of amides is 1. The molecular weight excluding hydrogens is 494 g/mol. The first-order valence-corrected chi connectivity index (χ1v) is 12.6. The number of anilines is 2. The topological polar surface area (TPSA) is 86.5 Å². The van der Waals surface area contributed by atoms with Gasteiger partial charge >= 0.3 is 0 Å². The summed E-state index contributed by atoms with van der Waals surface area (Å²) in [6.45, 7) is 5.98. The molecule has 2 fully saturated rings. The number of halogens is 1. The average molecular weight is 522 g/mol. The van der Waals surface area contributed by atoms with Crippen LogP contribution in [0.2, 0.25) is 5.02 Å². The van der Waals surface area contributed by atoms with Gasteiger partial charge in [0.15, 0.2) is 0 Å². The van der Waals surface area contributed by atoms with E-state index in [-0.39, 0.29) is 11.3 Å². The number of aliphatic hydroxyl groups is 1. The molecule has 2 saturated heterocycles. The van der Waals surface area contributed by atoms with Gasteiger partial charge in [-0.1, -0.05) is 11.6 Å². The number of piperazine rings is 1. The van der Waals surface area contributed by atoms with Crippen LogP contribution in [0.5, 0.6) is 5.75 Å². The van der Waals surface area contributed by atoms with Crippen LogP contribution in [0, 0.1) is 0 Å². The van der Waals surface area contributed by atoms with E-state index in [0.717, 1.165) is 31.9 Å². The molecule has 2 aromatic carbocycles. The smallest absolute Gasteiger partial charge is 0.300 e. The first-order chi connectivity index (χ1) is 17.9. The Morgan fingerprint density at radius 2 is 1.76 bits per heavy atom. The summed E-state index contributed by atoms with van der Waals surface area (Å²) >= 11 is 6.21. The largest absolute Gasteiger partial charge is 0.507 e. The summed E-state index contributed by atoms with van der Waals surface area (Å²) in [4.78, 5) is 32.6. The number of likely N-dealkylation sites (N-methyl/N-ethyl adjacent to an activating group) is 1. The van der Waals surface area contributed by atoms with E-state index in [0.29, 0.717) is 34.4 Å². The molecular formula is C28H28ClN3O5. The van der Waals surface area contributed by atoms with Crippen LogP contribution in [-0.2, 0) is 9.59 Å². The van der Waals surface area contributed by atoms with E-state index in [1.54, 1.807) is 30.3 Å². The molecule has 1 amide bonds. The Labute approximate surface area is 220 Å². The number of hydrogen-bond donors (Lipinski definition) is 1. The first-order valence-electron chi connectivity index (χ1n) is 12.2. The summed E-state index contributed by atoms with van der Waals surface area (Å²) in [5.41, 5.74) is 1.83. The molecule has 192 valence electrons. The van der Waals surface area contributed by atoms with Gasteiger partial charge in [-0.15, -0.1) is 0 Å². The Balaban J connectivity index is 1.55. The van der Waals surface area contributed by atoms with Crippen LogP contribution < -0.4 is 14.5 Å². The zero-order valence-corrected chi connectivity index (χ0v) is 21.4. The summed E-state index contributed by atoms with van der Waals surface area (Å²) in [6.07, 6.45) is 1.47. The molecule has 1 atom stereocenters. The molecule has 0 bridgehead atoms. The SMILES string of the molecule is CCOc1cc(/C(O)=C2/C(=O)C(=O)N(c3ccc(N4CCN(C)CC4)cc3)C2c2ccco2)ccc1Cl. The third kappa shape index (κ3) is 4.70. The number of carbonyl (C=O) groups excluding carboxylic acids is 2. The van der Waals surface area contributed by atoms with Crippen molar-refractivity contribution in [1.29, 1.82) is 0 Å². The van der Waals surface area contributed by atoms with Gasteiger partial charge in [0.05, 0.1) is 23.5 Å². The van der Waals surface area contributed by atoms with Gasteiger partial charge in [0, 0.05) is 43.1 Å². The molecule has 2 aliphatic rings. The van der Waals surface area contributed by atoms with Gasteiger partial charge in [-0.05, 0) is 68.6 Å². The third-order valence-electron chi connectivity index (χ3n) is 6.76. The van der Waals surface area contributed by atoms with Gasteiger partial charge in [-0.25, -0.2) is 0 Å². The fraction of sp³-hybridized carbons (Fsp3) is 0.286. The van der Waals surface area contributed by atoms with Crippen molar-refractivity contribution in [3.05, 3.63) is 82.8 Å². The van der Waals surface area contributed by atoms with Crippen molar-refractivity contribution in [2.75, 3.05) is 49.6 Å². The quantitative estimate of drug-likeness (QED) is 0.285. The Hall–Kier alpha value is -3.75. The first kappa shape index (κ1) is 24.9. The number of ether oxygens (including phenoxy) is 1. The fourth-order valence-corrected chi connectivity index (χ4v) is 4.95. The average Bonchev–Trinajstić information content (AvgIpc) is 3.52. The molecule has 1 N–H and O–H groups in total. The minimum absolute atomic E-state index is 0.0622. The molecule has 0 radical (unpaired) electrons. The maximum Gasteiger partial charge on any atom is 0.300 e. The fourth-order valence-electron chi connectivity index (χ4n) is 4.78. The van der Waals surface area contributed by atoms with E-state index in [2.05, 4.69) is 16.8 Å². The maximum absolute atomic E-state index is 13.3. The number of carbonyl (C=O) groups is 2. The van der Waals surface area contributed by atoms with Gasteiger partial charge < -0.3 is 24.1 Å². The molecule has 0 aliphatic carbocycles. The Morgan fingerprint density at radius 1 is 1.05 bits per heavy atom. The second-order valence-electron chi connectivity index (χ2n) is 9.07. The Bertz CT molecular complexity index is 1330. The number of nitrogens with zero attached hydrogens (tertiary/aromatic N) is 3. The lowest BCUT2D eigenvalue weighted by Gasteiger charge is -2.34. The lowest BCUT2D eigenvalue weighted by atomic mass is 9.99. The van der Waals surface area contributed by atoms with Gasteiger partial charge in [-0.3, -0.25) is 14.5 Å². The van der Waals surface area contributed by atoms with Gasteiger partial charge in [0.1, 0.15) is 23.3 Å². The monoisotopic (exact) mass is 521 g/mol. The molecule has 1 aromatic heterocycles. The molecule has 3 heterocycles.